The molecule has 1 aliphatic rings. The number of carbonyl (C=O) groups is 5. The fourth-order valence-corrected chi connectivity index (χ4v) is 3.89. The van der Waals surface area contributed by atoms with E-state index >= 15 is 0 Å². The van der Waals surface area contributed by atoms with Crippen molar-refractivity contribution in [1.29, 1.82) is 0 Å². The molecule has 2 heterocycles. The highest BCUT2D eigenvalue weighted by Gasteiger charge is 2.30. The number of hydrogen-bond acceptors (Lipinski definition) is 5. The first-order valence-electron chi connectivity index (χ1n) is 10.4. The lowest BCUT2D eigenvalue weighted by Gasteiger charge is -2.14. The first-order valence-corrected chi connectivity index (χ1v) is 10.4. The van der Waals surface area contributed by atoms with Crippen LogP contribution in [-0.4, -0.2) is 52.0 Å². The highest BCUT2D eigenvalue weighted by Crippen LogP contribution is 2.24. The summed E-state index contributed by atoms with van der Waals surface area (Å²) in [6, 6.07) is 4.18. The van der Waals surface area contributed by atoms with E-state index in [1.807, 2.05) is 0 Å². The Labute approximate surface area is 189 Å². The number of aryl methyl sites for hydroxylation is 1. The molecule has 0 aliphatic carbocycles. The number of benzene rings is 1. The largest absolute Gasteiger partial charge is 0.347 e. The molecule has 0 saturated carbocycles. The van der Waals surface area contributed by atoms with E-state index in [0.29, 0.717) is 22.5 Å². The topological polar surface area (TPSA) is 118 Å². The Bertz CT molecular complexity index is 1170. The lowest BCUT2D eigenvalue weighted by Crippen LogP contribution is -2.40. The second-order valence-electron chi connectivity index (χ2n) is 7.94. The number of Topliss-reactive ketones (excluding diaryl/α,β-unsaturated/α-hetero) is 1. The Hall–Kier alpha value is -3.82. The average Bonchev–Trinajstić information content (AvgIpc) is 3.19. The van der Waals surface area contributed by atoms with Crippen LogP contribution in [0.25, 0.3) is 0 Å². The molecular formula is C23H25FN4O5. The fourth-order valence-electron chi connectivity index (χ4n) is 3.89. The van der Waals surface area contributed by atoms with Gasteiger partial charge in [0.2, 0.25) is 11.8 Å². The third kappa shape index (κ3) is 4.69. The van der Waals surface area contributed by atoms with E-state index in [0.717, 1.165) is 4.90 Å². The summed E-state index contributed by atoms with van der Waals surface area (Å²) in [5, 5.41) is 5.12. The molecule has 0 atom stereocenters. The summed E-state index contributed by atoms with van der Waals surface area (Å²) in [5.74, 6) is -3.23. The molecule has 0 spiro atoms. The van der Waals surface area contributed by atoms with E-state index < -0.39 is 23.4 Å². The van der Waals surface area contributed by atoms with E-state index in [9.17, 15) is 28.4 Å². The van der Waals surface area contributed by atoms with Crippen molar-refractivity contribution < 1.29 is 28.4 Å². The van der Waals surface area contributed by atoms with E-state index in [2.05, 4.69) is 10.6 Å². The van der Waals surface area contributed by atoms with Gasteiger partial charge in [-0.3, -0.25) is 28.9 Å². The number of ketones is 1. The van der Waals surface area contributed by atoms with Gasteiger partial charge in [0, 0.05) is 44.4 Å². The zero-order chi connectivity index (χ0) is 24.4. The molecule has 33 heavy (non-hydrogen) atoms. The predicted molar refractivity (Wildman–Crippen MR) is 117 cm³/mol. The first-order chi connectivity index (χ1) is 15.5. The van der Waals surface area contributed by atoms with Gasteiger partial charge in [-0.1, -0.05) is 0 Å². The van der Waals surface area contributed by atoms with Gasteiger partial charge in [0.05, 0.1) is 11.3 Å². The van der Waals surface area contributed by atoms with Crippen molar-refractivity contribution in [3.05, 3.63) is 52.1 Å². The normalized spacial score (nSPS) is 13.4. The number of nitrogens with zero attached hydrogens (tertiary/aromatic N) is 2. The zero-order valence-corrected chi connectivity index (χ0v) is 18.9. The molecule has 1 aromatic heterocycles. The van der Waals surface area contributed by atoms with Crippen molar-refractivity contribution in [3.8, 4) is 0 Å². The van der Waals surface area contributed by atoms with Gasteiger partial charge in [-0.05, 0) is 50.1 Å². The molecule has 2 aromatic rings. The summed E-state index contributed by atoms with van der Waals surface area (Å²) in [4.78, 5) is 62.5. The minimum atomic E-state index is -0.904. The molecular weight excluding hydrogens is 431 g/mol. The maximum Gasteiger partial charge on any atom is 0.294 e. The quantitative estimate of drug-likeness (QED) is 0.374. The summed E-state index contributed by atoms with van der Waals surface area (Å²) >= 11 is 0. The molecule has 4 amide bonds. The number of anilines is 1. The molecule has 3 rings (SSSR count). The Balaban J connectivity index is 1.73. The van der Waals surface area contributed by atoms with E-state index in [1.165, 1.54) is 22.8 Å². The van der Waals surface area contributed by atoms with Crippen molar-refractivity contribution in [2.24, 2.45) is 7.05 Å². The van der Waals surface area contributed by atoms with Crippen LogP contribution >= 0.6 is 0 Å². The van der Waals surface area contributed by atoms with Gasteiger partial charge >= 0.3 is 0 Å². The van der Waals surface area contributed by atoms with E-state index in [1.54, 1.807) is 27.8 Å². The summed E-state index contributed by atoms with van der Waals surface area (Å²) in [6.07, 6.45) is 0.297. The van der Waals surface area contributed by atoms with Crippen molar-refractivity contribution in [2.45, 2.75) is 33.6 Å². The van der Waals surface area contributed by atoms with Crippen LogP contribution < -0.4 is 10.6 Å². The number of imide groups is 1. The van der Waals surface area contributed by atoms with E-state index in [4.69, 9.17) is 0 Å². The van der Waals surface area contributed by atoms with Gasteiger partial charge in [-0.25, -0.2) is 4.39 Å². The average molecular weight is 456 g/mol. The van der Waals surface area contributed by atoms with Crippen LogP contribution in [0.2, 0.25) is 0 Å². The Morgan fingerprint density at radius 3 is 2.30 bits per heavy atom. The van der Waals surface area contributed by atoms with Crippen LogP contribution in [-0.2, 0) is 21.4 Å². The summed E-state index contributed by atoms with van der Waals surface area (Å²) in [5.41, 5.74) is 1.88. The molecule has 1 saturated heterocycles. The van der Waals surface area contributed by atoms with Crippen LogP contribution in [0, 0.1) is 26.6 Å². The monoisotopic (exact) mass is 456 g/mol. The van der Waals surface area contributed by atoms with Crippen molar-refractivity contribution >= 4 is 35.1 Å². The third-order valence-corrected chi connectivity index (χ3v) is 5.77. The van der Waals surface area contributed by atoms with Gasteiger partial charge in [0.1, 0.15) is 5.82 Å². The molecule has 9 nitrogen and oxygen atoms in total. The van der Waals surface area contributed by atoms with Crippen molar-refractivity contribution in [2.75, 3.05) is 18.4 Å². The number of nitrogens with one attached hydrogen (secondary N) is 2. The highest BCUT2D eigenvalue weighted by molar-refractivity contribution is 6.43. The molecule has 1 aromatic carbocycles. The maximum absolute atomic E-state index is 13.5. The lowest BCUT2D eigenvalue weighted by molar-refractivity contribution is -0.138. The standard InChI is InChI=1S/C23H25FN4O5/c1-12-11-15(5-6-16(12)24)26-22(32)19-13(2)20(27(4)14(19)3)21(31)23(33)25-9-10-28-17(29)7-8-18(28)30/h5-6,11H,7-10H2,1-4H3,(H,25,33)(H,26,32). The lowest BCUT2D eigenvalue weighted by atomic mass is 10.1. The molecule has 10 heteroatoms. The Kier molecular flexibility index (Phi) is 6.75. The molecule has 0 bridgehead atoms. The van der Waals surface area contributed by atoms with Crippen LogP contribution in [0.5, 0.6) is 0 Å². The van der Waals surface area contributed by atoms with Crippen LogP contribution in [0.3, 0.4) is 0 Å². The number of carbonyl (C=O) groups excluding carboxylic acids is 5. The molecule has 2 N–H and O–H groups in total. The van der Waals surface area contributed by atoms with Crippen LogP contribution in [0.1, 0.15) is 50.5 Å². The first kappa shape index (κ1) is 23.8. The molecule has 1 fully saturated rings. The number of halogens is 1. The number of rotatable bonds is 7. The highest BCUT2D eigenvalue weighted by atomic mass is 19.1. The zero-order valence-electron chi connectivity index (χ0n) is 18.9. The number of likely N-dealkylation sites (tertiary alicyclic amines) is 1. The van der Waals surface area contributed by atoms with Gasteiger partial charge in [-0.15, -0.1) is 0 Å². The molecule has 0 unspecified atom stereocenters. The second kappa shape index (κ2) is 9.35. The number of amides is 4. The van der Waals surface area contributed by atoms with Crippen molar-refractivity contribution in [3.63, 3.8) is 0 Å². The molecule has 0 radical (unpaired) electrons. The fraction of sp³-hybridized carbons (Fsp3) is 0.348. The van der Waals surface area contributed by atoms with E-state index in [-0.39, 0.29) is 49.0 Å². The number of aromatic nitrogens is 1. The minimum absolute atomic E-state index is 0.00736. The van der Waals surface area contributed by atoms with Gasteiger partial charge in [0.25, 0.3) is 17.6 Å². The maximum atomic E-state index is 13.5. The smallest absolute Gasteiger partial charge is 0.294 e. The summed E-state index contributed by atoms with van der Waals surface area (Å²) in [7, 11) is 1.57. The minimum Gasteiger partial charge on any atom is -0.347 e. The van der Waals surface area contributed by atoms with Crippen LogP contribution in [0.15, 0.2) is 18.2 Å². The van der Waals surface area contributed by atoms with Gasteiger partial charge < -0.3 is 15.2 Å². The molecule has 1 aliphatic heterocycles. The Morgan fingerprint density at radius 2 is 1.70 bits per heavy atom. The van der Waals surface area contributed by atoms with Crippen molar-refractivity contribution in [1.82, 2.24) is 14.8 Å². The van der Waals surface area contributed by atoms with Crippen LogP contribution in [0.4, 0.5) is 10.1 Å². The van der Waals surface area contributed by atoms with Gasteiger partial charge in [0.15, 0.2) is 0 Å². The molecule has 174 valence electrons. The summed E-state index contributed by atoms with van der Waals surface area (Å²) < 4.78 is 15.0. The second-order valence-corrected chi connectivity index (χ2v) is 7.94. The number of hydrogen-bond donors (Lipinski definition) is 2. The summed E-state index contributed by atoms with van der Waals surface area (Å²) in [6.45, 7) is 4.74. The van der Waals surface area contributed by atoms with Gasteiger partial charge in [-0.2, -0.15) is 0 Å². The third-order valence-electron chi connectivity index (χ3n) is 5.77. The Morgan fingerprint density at radius 1 is 1.06 bits per heavy atom. The predicted octanol–water partition coefficient (Wildman–Crippen LogP) is 1.79. The SMILES string of the molecule is Cc1cc(NC(=O)c2c(C)c(C(=O)C(=O)NCCN3C(=O)CCC3=O)n(C)c2C)ccc1F.